The second-order valence-corrected chi connectivity index (χ2v) is 6.88. The molecule has 0 amide bonds. The van der Waals surface area contributed by atoms with Crippen LogP contribution < -0.4 is 4.90 Å². The van der Waals surface area contributed by atoms with Gasteiger partial charge in [-0.25, -0.2) is 0 Å². The molecule has 1 fully saturated rings. The standard InChI is InChI=1S/C19H20ClN5O/c1-14-4-5-16(20)11-17(14)25-9-7-24(8-10-25)13-18-22-19(23-26-18)15-3-2-6-21-12-15/h2-6,11-12H,7-10,13H2,1H3. The lowest BCUT2D eigenvalue weighted by Gasteiger charge is -2.36. The molecule has 2 aromatic heterocycles. The van der Waals surface area contributed by atoms with Gasteiger partial charge in [0, 0.05) is 54.8 Å². The lowest BCUT2D eigenvalue weighted by molar-refractivity contribution is 0.215. The summed E-state index contributed by atoms with van der Waals surface area (Å²) in [4.78, 5) is 13.3. The minimum absolute atomic E-state index is 0.585. The first-order valence-corrected chi connectivity index (χ1v) is 9.03. The normalized spacial score (nSPS) is 15.4. The van der Waals surface area contributed by atoms with Gasteiger partial charge >= 0.3 is 0 Å². The van der Waals surface area contributed by atoms with Crippen molar-refractivity contribution in [2.24, 2.45) is 0 Å². The summed E-state index contributed by atoms with van der Waals surface area (Å²) in [6.45, 7) is 6.56. The number of aromatic nitrogens is 3. The first kappa shape index (κ1) is 17.0. The number of hydrogen-bond acceptors (Lipinski definition) is 6. The number of aryl methyl sites for hydroxylation is 1. The lowest BCUT2D eigenvalue weighted by Crippen LogP contribution is -2.46. The molecule has 1 aliphatic rings. The second kappa shape index (κ2) is 7.43. The maximum Gasteiger partial charge on any atom is 0.241 e. The van der Waals surface area contributed by atoms with E-state index in [9.17, 15) is 0 Å². The van der Waals surface area contributed by atoms with E-state index in [0.29, 0.717) is 18.3 Å². The minimum atomic E-state index is 0.585. The first-order valence-electron chi connectivity index (χ1n) is 8.65. The first-order chi connectivity index (χ1) is 12.7. The van der Waals surface area contributed by atoms with Crippen molar-refractivity contribution in [2.75, 3.05) is 31.1 Å². The maximum absolute atomic E-state index is 6.16. The van der Waals surface area contributed by atoms with E-state index < -0.39 is 0 Å². The van der Waals surface area contributed by atoms with Gasteiger partial charge in [0.15, 0.2) is 0 Å². The maximum atomic E-state index is 6.16. The summed E-state index contributed by atoms with van der Waals surface area (Å²) in [7, 11) is 0. The van der Waals surface area contributed by atoms with Crippen LogP contribution in [0, 0.1) is 6.92 Å². The number of pyridine rings is 1. The number of nitrogens with zero attached hydrogens (tertiary/aromatic N) is 5. The third kappa shape index (κ3) is 3.71. The minimum Gasteiger partial charge on any atom is -0.369 e. The summed E-state index contributed by atoms with van der Waals surface area (Å²) in [5.74, 6) is 1.22. The molecule has 4 rings (SSSR count). The summed E-state index contributed by atoms with van der Waals surface area (Å²) in [5, 5.41) is 4.84. The Morgan fingerprint density at radius 1 is 1.15 bits per heavy atom. The molecule has 0 saturated carbocycles. The average molecular weight is 370 g/mol. The molecule has 26 heavy (non-hydrogen) atoms. The molecule has 0 radical (unpaired) electrons. The van der Waals surface area contributed by atoms with E-state index in [4.69, 9.17) is 16.1 Å². The van der Waals surface area contributed by atoms with E-state index in [1.165, 1.54) is 11.3 Å². The van der Waals surface area contributed by atoms with Gasteiger partial charge in [-0.05, 0) is 36.8 Å². The highest BCUT2D eigenvalue weighted by molar-refractivity contribution is 6.30. The Morgan fingerprint density at radius 3 is 2.77 bits per heavy atom. The Bertz CT molecular complexity index is 875. The van der Waals surface area contributed by atoms with E-state index in [-0.39, 0.29) is 0 Å². The fraction of sp³-hybridized carbons (Fsp3) is 0.316. The molecule has 0 bridgehead atoms. The number of halogens is 1. The lowest BCUT2D eigenvalue weighted by atomic mass is 10.1. The van der Waals surface area contributed by atoms with Gasteiger partial charge in [0.05, 0.1) is 6.54 Å². The van der Waals surface area contributed by atoms with Gasteiger partial charge in [0.2, 0.25) is 11.7 Å². The number of benzene rings is 1. The van der Waals surface area contributed by atoms with Crippen molar-refractivity contribution in [1.29, 1.82) is 0 Å². The van der Waals surface area contributed by atoms with Gasteiger partial charge in [-0.15, -0.1) is 0 Å². The summed E-state index contributed by atoms with van der Waals surface area (Å²) in [6, 6.07) is 9.84. The van der Waals surface area contributed by atoms with Crippen molar-refractivity contribution in [2.45, 2.75) is 13.5 Å². The van der Waals surface area contributed by atoms with Crippen molar-refractivity contribution in [3.63, 3.8) is 0 Å². The molecule has 7 heteroatoms. The molecular formula is C19H20ClN5O. The van der Waals surface area contributed by atoms with Gasteiger partial charge in [-0.1, -0.05) is 22.8 Å². The van der Waals surface area contributed by atoms with Crippen molar-refractivity contribution in [1.82, 2.24) is 20.0 Å². The number of piperazine rings is 1. The number of rotatable bonds is 4. The Morgan fingerprint density at radius 2 is 2.00 bits per heavy atom. The summed E-state index contributed by atoms with van der Waals surface area (Å²) in [5.41, 5.74) is 3.33. The van der Waals surface area contributed by atoms with Crippen molar-refractivity contribution >= 4 is 17.3 Å². The molecule has 134 valence electrons. The van der Waals surface area contributed by atoms with Gasteiger partial charge in [-0.2, -0.15) is 4.98 Å². The van der Waals surface area contributed by atoms with Crippen LogP contribution in [0.2, 0.25) is 5.02 Å². The van der Waals surface area contributed by atoms with Crippen molar-refractivity contribution < 1.29 is 4.52 Å². The molecule has 0 spiro atoms. The number of hydrogen-bond donors (Lipinski definition) is 0. The van der Waals surface area contributed by atoms with Crippen LogP contribution in [0.25, 0.3) is 11.4 Å². The molecule has 3 aromatic rings. The number of anilines is 1. The highest BCUT2D eigenvalue weighted by Gasteiger charge is 2.20. The van der Waals surface area contributed by atoms with Crippen LogP contribution in [0.5, 0.6) is 0 Å². The Balaban J connectivity index is 1.37. The second-order valence-electron chi connectivity index (χ2n) is 6.45. The molecular weight excluding hydrogens is 350 g/mol. The Hall–Kier alpha value is -2.44. The van der Waals surface area contributed by atoms with Gasteiger partial charge < -0.3 is 9.42 Å². The third-order valence-corrected chi connectivity index (χ3v) is 4.87. The summed E-state index contributed by atoms with van der Waals surface area (Å²) >= 11 is 6.16. The molecule has 1 saturated heterocycles. The van der Waals surface area contributed by atoms with Crippen LogP contribution in [0.4, 0.5) is 5.69 Å². The van der Waals surface area contributed by atoms with Crippen LogP contribution in [-0.2, 0) is 6.54 Å². The fourth-order valence-electron chi connectivity index (χ4n) is 3.19. The quantitative estimate of drug-likeness (QED) is 0.702. The summed E-state index contributed by atoms with van der Waals surface area (Å²) < 4.78 is 5.41. The predicted molar refractivity (Wildman–Crippen MR) is 101 cm³/mol. The largest absolute Gasteiger partial charge is 0.369 e. The van der Waals surface area contributed by atoms with Gasteiger partial charge in [0.25, 0.3) is 0 Å². The van der Waals surface area contributed by atoms with Crippen LogP contribution in [0.15, 0.2) is 47.2 Å². The average Bonchev–Trinajstić information content (AvgIpc) is 3.14. The zero-order chi connectivity index (χ0) is 17.9. The molecule has 3 heterocycles. The molecule has 1 aliphatic heterocycles. The molecule has 0 unspecified atom stereocenters. The monoisotopic (exact) mass is 369 g/mol. The van der Waals surface area contributed by atoms with E-state index >= 15 is 0 Å². The molecule has 6 nitrogen and oxygen atoms in total. The van der Waals surface area contributed by atoms with Crippen molar-refractivity contribution in [3.8, 4) is 11.4 Å². The zero-order valence-electron chi connectivity index (χ0n) is 14.6. The van der Waals surface area contributed by atoms with E-state index in [0.717, 1.165) is 36.8 Å². The highest BCUT2D eigenvalue weighted by Crippen LogP contribution is 2.25. The molecule has 1 aromatic carbocycles. The highest BCUT2D eigenvalue weighted by atomic mass is 35.5. The van der Waals surface area contributed by atoms with Crippen LogP contribution in [-0.4, -0.2) is 46.2 Å². The topological polar surface area (TPSA) is 58.3 Å². The Labute approximate surface area is 157 Å². The smallest absolute Gasteiger partial charge is 0.241 e. The van der Waals surface area contributed by atoms with E-state index in [1.807, 2.05) is 24.3 Å². The van der Waals surface area contributed by atoms with Crippen LogP contribution in [0.3, 0.4) is 0 Å². The molecule has 0 N–H and O–H groups in total. The van der Waals surface area contributed by atoms with Crippen LogP contribution >= 0.6 is 11.6 Å². The fourth-order valence-corrected chi connectivity index (χ4v) is 3.36. The van der Waals surface area contributed by atoms with E-state index in [2.05, 4.69) is 37.9 Å². The van der Waals surface area contributed by atoms with E-state index in [1.54, 1.807) is 12.4 Å². The zero-order valence-corrected chi connectivity index (χ0v) is 15.4. The van der Waals surface area contributed by atoms with Crippen molar-refractivity contribution in [3.05, 3.63) is 59.2 Å². The predicted octanol–water partition coefficient (Wildman–Crippen LogP) is 3.42. The molecule has 0 aliphatic carbocycles. The SMILES string of the molecule is Cc1ccc(Cl)cc1N1CCN(Cc2nc(-c3cccnc3)no2)CC1. The Kier molecular flexibility index (Phi) is 4.86. The summed E-state index contributed by atoms with van der Waals surface area (Å²) in [6.07, 6.45) is 3.46. The molecule has 0 atom stereocenters. The van der Waals surface area contributed by atoms with Crippen LogP contribution in [0.1, 0.15) is 11.5 Å². The van der Waals surface area contributed by atoms with Gasteiger partial charge in [-0.3, -0.25) is 9.88 Å². The third-order valence-electron chi connectivity index (χ3n) is 4.63. The van der Waals surface area contributed by atoms with Gasteiger partial charge in [0.1, 0.15) is 0 Å².